The van der Waals surface area contributed by atoms with Gasteiger partial charge in [0, 0.05) is 28.3 Å². The molecular weight excluding hydrogens is 270 g/mol. The van der Waals surface area contributed by atoms with Crippen LogP contribution in [0.15, 0.2) is 45.8 Å². The summed E-state index contributed by atoms with van der Waals surface area (Å²) in [7, 11) is 0. The number of nitrogens with one attached hydrogen (secondary N) is 1. The van der Waals surface area contributed by atoms with Crippen LogP contribution < -0.4 is 5.32 Å². The number of rotatable bonds is 4. The Morgan fingerprint density at radius 2 is 1.90 bits per heavy atom. The molecule has 0 bridgehead atoms. The van der Waals surface area contributed by atoms with Crippen LogP contribution in [0, 0.1) is 5.92 Å². The zero-order valence-corrected chi connectivity index (χ0v) is 12.6. The van der Waals surface area contributed by atoms with Gasteiger partial charge in [0.2, 0.25) is 5.91 Å². The number of hydrogen-bond donors (Lipinski definition) is 1. The quantitative estimate of drug-likeness (QED) is 0.922. The number of amides is 1. The molecule has 106 valence electrons. The van der Waals surface area contributed by atoms with Crippen LogP contribution in [0.4, 0.5) is 0 Å². The number of thioether (sulfide) groups is 1. The zero-order chi connectivity index (χ0) is 14.5. The van der Waals surface area contributed by atoms with E-state index < -0.39 is 0 Å². The van der Waals surface area contributed by atoms with E-state index in [0.29, 0.717) is 6.42 Å². The molecule has 2 rings (SSSR count). The van der Waals surface area contributed by atoms with E-state index in [9.17, 15) is 9.59 Å². The number of benzene rings is 1. The van der Waals surface area contributed by atoms with E-state index in [1.165, 1.54) is 11.8 Å². The van der Waals surface area contributed by atoms with E-state index in [1.807, 2.05) is 18.2 Å². The maximum absolute atomic E-state index is 11.6. The second-order valence-electron chi connectivity index (χ2n) is 5.05. The van der Waals surface area contributed by atoms with Crippen molar-refractivity contribution in [1.29, 1.82) is 0 Å². The lowest BCUT2D eigenvalue weighted by molar-refractivity contribution is -0.122. The molecule has 0 aliphatic heterocycles. The first-order valence-electron chi connectivity index (χ1n) is 6.79. The lowest BCUT2D eigenvalue weighted by Gasteiger charge is -2.25. The molecule has 0 fully saturated rings. The highest BCUT2D eigenvalue weighted by Crippen LogP contribution is 2.38. The topological polar surface area (TPSA) is 46.2 Å². The fourth-order valence-electron chi connectivity index (χ4n) is 2.34. The smallest absolute Gasteiger partial charge is 0.221 e. The van der Waals surface area contributed by atoms with Crippen molar-refractivity contribution in [3.63, 3.8) is 0 Å². The van der Waals surface area contributed by atoms with Gasteiger partial charge in [-0.3, -0.25) is 9.59 Å². The number of carbonyl (C=O) groups excluding carboxylic acids is 2. The van der Waals surface area contributed by atoms with Crippen LogP contribution in [-0.2, 0) is 9.59 Å². The second kappa shape index (κ2) is 6.75. The number of ketones is 1. The second-order valence-corrected chi connectivity index (χ2v) is 6.22. The lowest BCUT2D eigenvalue weighted by atomic mass is 9.89. The molecule has 3 nitrogen and oxygen atoms in total. The predicted molar refractivity (Wildman–Crippen MR) is 81.2 cm³/mol. The third-order valence-corrected chi connectivity index (χ3v) is 4.60. The van der Waals surface area contributed by atoms with Crippen molar-refractivity contribution in [2.45, 2.75) is 38.0 Å². The van der Waals surface area contributed by atoms with Crippen LogP contribution in [0.5, 0.6) is 0 Å². The van der Waals surface area contributed by atoms with Gasteiger partial charge in [-0.15, -0.1) is 0 Å². The Bertz CT molecular complexity index is 537. The van der Waals surface area contributed by atoms with Crippen LogP contribution in [-0.4, -0.2) is 11.7 Å². The Morgan fingerprint density at radius 1 is 1.20 bits per heavy atom. The van der Waals surface area contributed by atoms with Gasteiger partial charge in [-0.25, -0.2) is 0 Å². The summed E-state index contributed by atoms with van der Waals surface area (Å²) < 4.78 is 0. The monoisotopic (exact) mass is 289 g/mol. The third kappa shape index (κ3) is 3.97. The highest BCUT2D eigenvalue weighted by molar-refractivity contribution is 8.03. The Morgan fingerprint density at radius 3 is 2.50 bits per heavy atom. The van der Waals surface area contributed by atoms with Crippen LogP contribution in [0.2, 0.25) is 0 Å². The van der Waals surface area contributed by atoms with Crippen LogP contribution in [0.3, 0.4) is 0 Å². The summed E-state index contributed by atoms with van der Waals surface area (Å²) in [5, 5.41) is 2.90. The van der Waals surface area contributed by atoms with Crippen LogP contribution in [0.1, 0.15) is 33.1 Å². The Hall–Kier alpha value is -1.55. The maximum Gasteiger partial charge on any atom is 0.221 e. The molecule has 1 atom stereocenters. The van der Waals surface area contributed by atoms with Gasteiger partial charge in [0.25, 0.3) is 0 Å². The van der Waals surface area contributed by atoms with E-state index in [1.54, 1.807) is 18.7 Å². The molecule has 0 radical (unpaired) electrons. The summed E-state index contributed by atoms with van der Waals surface area (Å²) >= 11 is 1.68. The summed E-state index contributed by atoms with van der Waals surface area (Å²) in [5.41, 5.74) is 0.915. The van der Waals surface area contributed by atoms with Gasteiger partial charge in [0.1, 0.15) is 5.78 Å². The van der Waals surface area contributed by atoms with E-state index in [4.69, 9.17) is 0 Å². The van der Waals surface area contributed by atoms with Gasteiger partial charge < -0.3 is 5.32 Å². The van der Waals surface area contributed by atoms with Crippen molar-refractivity contribution in [2.75, 3.05) is 0 Å². The number of hydrogen-bond acceptors (Lipinski definition) is 3. The van der Waals surface area contributed by atoms with Crippen molar-refractivity contribution >= 4 is 23.5 Å². The van der Waals surface area contributed by atoms with Gasteiger partial charge >= 0.3 is 0 Å². The van der Waals surface area contributed by atoms with Crippen molar-refractivity contribution in [2.24, 2.45) is 5.92 Å². The summed E-state index contributed by atoms with van der Waals surface area (Å²) in [6.07, 6.45) is 2.36. The van der Waals surface area contributed by atoms with Crippen molar-refractivity contribution in [1.82, 2.24) is 5.32 Å². The molecule has 1 aromatic rings. The summed E-state index contributed by atoms with van der Waals surface area (Å²) in [5.74, 6) is 0.170. The molecule has 1 N–H and O–H groups in total. The van der Waals surface area contributed by atoms with E-state index >= 15 is 0 Å². The van der Waals surface area contributed by atoms with E-state index in [2.05, 4.69) is 17.4 Å². The maximum atomic E-state index is 11.6. The Labute approximate surface area is 123 Å². The first kappa shape index (κ1) is 14.9. The molecular formula is C16H19NO2S. The minimum atomic E-state index is -0.0737. The molecule has 1 aliphatic carbocycles. The van der Waals surface area contributed by atoms with Gasteiger partial charge in [-0.05, 0) is 38.3 Å². The molecule has 0 aromatic heterocycles. The highest BCUT2D eigenvalue weighted by atomic mass is 32.2. The Kier molecular flexibility index (Phi) is 5.01. The molecule has 0 spiro atoms. The van der Waals surface area contributed by atoms with E-state index in [0.717, 1.165) is 23.4 Å². The minimum Gasteiger partial charge on any atom is -0.329 e. The van der Waals surface area contributed by atoms with Crippen molar-refractivity contribution < 1.29 is 9.59 Å². The fraction of sp³-hybridized carbons (Fsp3) is 0.375. The summed E-state index contributed by atoms with van der Waals surface area (Å²) in [6.45, 7) is 3.14. The third-order valence-electron chi connectivity index (χ3n) is 3.39. The molecule has 1 aliphatic rings. The first-order chi connectivity index (χ1) is 9.56. The lowest BCUT2D eigenvalue weighted by Crippen LogP contribution is -2.27. The molecule has 0 saturated carbocycles. The standard InChI is InChI=1S/C16H19NO2S/c1-11(18)13-8-9-16(15(10-13)17-12(2)19)20-14-6-4-3-5-7-14/h3-7,13H,8-10H2,1-2H3,(H,17,19). The predicted octanol–water partition coefficient (Wildman–Crippen LogP) is 3.52. The summed E-state index contributed by atoms with van der Waals surface area (Å²) in [4.78, 5) is 25.2. The number of allylic oxidation sites excluding steroid dienone is 2. The Balaban J connectivity index is 2.20. The van der Waals surface area contributed by atoms with Gasteiger partial charge in [0.05, 0.1) is 0 Å². The molecule has 0 heterocycles. The first-order valence-corrected chi connectivity index (χ1v) is 7.61. The average molecular weight is 289 g/mol. The minimum absolute atomic E-state index is 0.0389. The van der Waals surface area contributed by atoms with Gasteiger partial charge in [-0.1, -0.05) is 30.0 Å². The molecule has 1 unspecified atom stereocenters. The summed E-state index contributed by atoms with van der Waals surface area (Å²) in [6, 6.07) is 10.1. The highest BCUT2D eigenvalue weighted by Gasteiger charge is 2.25. The number of carbonyl (C=O) groups is 2. The van der Waals surface area contributed by atoms with Crippen LogP contribution in [0.25, 0.3) is 0 Å². The number of Topliss-reactive ketones (excluding diaryl/α,β-unsaturated/α-hetero) is 1. The van der Waals surface area contributed by atoms with Gasteiger partial charge in [-0.2, -0.15) is 0 Å². The average Bonchev–Trinajstić information content (AvgIpc) is 2.41. The molecule has 4 heteroatoms. The fourth-order valence-corrected chi connectivity index (χ4v) is 3.40. The van der Waals surface area contributed by atoms with Crippen LogP contribution >= 0.6 is 11.8 Å². The molecule has 1 amide bonds. The molecule has 1 aromatic carbocycles. The van der Waals surface area contributed by atoms with Gasteiger partial charge in [0.15, 0.2) is 0 Å². The molecule has 0 saturated heterocycles. The van der Waals surface area contributed by atoms with Crippen molar-refractivity contribution in [3.05, 3.63) is 40.9 Å². The largest absolute Gasteiger partial charge is 0.329 e. The SMILES string of the molecule is CC(=O)NC1=C(Sc2ccccc2)CCC(C(C)=O)C1. The normalized spacial score (nSPS) is 18.8. The molecule has 20 heavy (non-hydrogen) atoms. The van der Waals surface area contributed by atoms with E-state index in [-0.39, 0.29) is 17.6 Å². The zero-order valence-electron chi connectivity index (χ0n) is 11.8. The van der Waals surface area contributed by atoms with Crippen molar-refractivity contribution in [3.8, 4) is 0 Å².